The highest BCUT2D eigenvalue weighted by molar-refractivity contribution is 7.98. The van der Waals surface area contributed by atoms with Crippen molar-refractivity contribution < 1.29 is 9.47 Å². The summed E-state index contributed by atoms with van der Waals surface area (Å²) in [6, 6.07) is 24.2. The number of thioether (sulfide) groups is 1. The molecule has 6 nitrogen and oxygen atoms in total. The summed E-state index contributed by atoms with van der Waals surface area (Å²) in [5, 5.41) is 12.9. The summed E-state index contributed by atoms with van der Waals surface area (Å²) in [6.07, 6.45) is 1.28. The molecule has 0 saturated heterocycles. The number of benzene rings is 3. The van der Waals surface area contributed by atoms with Gasteiger partial charge < -0.3 is 14.8 Å². The molecular formula is C27H24N4O2S. The average Bonchev–Trinajstić information content (AvgIpc) is 3.04. The van der Waals surface area contributed by atoms with Crippen LogP contribution in [0.5, 0.6) is 11.6 Å². The molecule has 1 aromatic heterocycles. The standard InChI is InChI=1S/C27H24N4O2S/c1-3-16-32-21-14-12-20(13-15-21)25-28-23-7-5-4-6-22(23)24-26(33-25)29-27(31-30-24)34-17-19-10-8-18(2)9-11-19/h3-15,25,28H,1,16-17H2,2H3/t25-/m1/s1. The Bertz CT molecular complexity index is 1290. The van der Waals surface area contributed by atoms with Gasteiger partial charge in [0.25, 0.3) is 0 Å². The van der Waals surface area contributed by atoms with E-state index in [1.807, 2.05) is 48.5 Å². The molecule has 34 heavy (non-hydrogen) atoms. The van der Waals surface area contributed by atoms with Crippen LogP contribution in [0, 0.1) is 6.92 Å². The summed E-state index contributed by atoms with van der Waals surface area (Å²) in [5.74, 6) is 1.98. The maximum absolute atomic E-state index is 6.36. The molecule has 1 atom stereocenters. The highest BCUT2D eigenvalue weighted by atomic mass is 32.2. The van der Waals surface area contributed by atoms with Gasteiger partial charge in [-0.3, -0.25) is 0 Å². The Morgan fingerprint density at radius 3 is 2.62 bits per heavy atom. The van der Waals surface area contributed by atoms with Gasteiger partial charge in [0.1, 0.15) is 12.4 Å². The Labute approximate surface area is 203 Å². The van der Waals surface area contributed by atoms with Gasteiger partial charge in [-0.2, -0.15) is 4.98 Å². The second-order valence-electron chi connectivity index (χ2n) is 7.88. The summed E-state index contributed by atoms with van der Waals surface area (Å²) in [4.78, 5) is 4.73. The number of nitrogens with one attached hydrogen (secondary N) is 1. The molecule has 0 aliphatic carbocycles. The van der Waals surface area contributed by atoms with Crippen molar-refractivity contribution in [2.45, 2.75) is 24.1 Å². The second kappa shape index (κ2) is 9.97. The Morgan fingerprint density at radius 2 is 1.82 bits per heavy atom. The zero-order valence-corrected chi connectivity index (χ0v) is 19.6. The van der Waals surface area contributed by atoms with Crippen LogP contribution in [0.3, 0.4) is 0 Å². The van der Waals surface area contributed by atoms with E-state index in [0.717, 1.165) is 28.3 Å². The second-order valence-corrected chi connectivity index (χ2v) is 8.82. The third kappa shape index (κ3) is 4.89. The van der Waals surface area contributed by atoms with Gasteiger partial charge in [-0.05, 0) is 42.8 Å². The van der Waals surface area contributed by atoms with Crippen LogP contribution in [0.15, 0.2) is 90.6 Å². The molecule has 0 bridgehead atoms. The van der Waals surface area contributed by atoms with E-state index in [-0.39, 0.29) is 0 Å². The van der Waals surface area contributed by atoms with Gasteiger partial charge in [0, 0.05) is 22.6 Å². The van der Waals surface area contributed by atoms with E-state index in [1.165, 1.54) is 22.9 Å². The van der Waals surface area contributed by atoms with Gasteiger partial charge in [0.15, 0.2) is 11.9 Å². The predicted octanol–water partition coefficient (Wildman–Crippen LogP) is 6.21. The fourth-order valence-electron chi connectivity index (χ4n) is 3.59. The number of para-hydroxylation sites is 1. The van der Waals surface area contributed by atoms with Crippen LogP contribution in [0.2, 0.25) is 0 Å². The minimum Gasteiger partial charge on any atom is -0.490 e. The highest BCUT2D eigenvalue weighted by Crippen LogP contribution is 2.39. The minimum absolute atomic E-state index is 0.442. The lowest BCUT2D eigenvalue weighted by Gasteiger charge is -2.19. The topological polar surface area (TPSA) is 69.2 Å². The minimum atomic E-state index is -0.442. The van der Waals surface area contributed by atoms with Crippen molar-refractivity contribution in [2.24, 2.45) is 0 Å². The van der Waals surface area contributed by atoms with Crippen molar-refractivity contribution in [3.8, 4) is 22.9 Å². The number of rotatable bonds is 7. The molecule has 0 fully saturated rings. The first-order valence-corrected chi connectivity index (χ1v) is 12.0. The quantitative estimate of drug-likeness (QED) is 0.255. The first-order valence-electron chi connectivity index (χ1n) is 11.0. The zero-order chi connectivity index (χ0) is 23.3. The largest absolute Gasteiger partial charge is 0.490 e. The number of aromatic nitrogens is 3. The molecule has 7 heteroatoms. The van der Waals surface area contributed by atoms with Gasteiger partial charge in [0.05, 0.1) is 0 Å². The molecule has 0 saturated carbocycles. The molecule has 0 radical (unpaired) electrons. The van der Waals surface area contributed by atoms with Gasteiger partial charge in [0.2, 0.25) is 11.0 Å². The van der Waals surface area contributed by atoms with E-state index in [1.54, 1.807) is 6.08 Å². The summed E-state index contributed by atoms with van der Waals surface area (Å²) in [5.41, 5.74) is 5.83. The fraction of sp³-hybridized carbons (Fsp3) is 0.148. The molecular weight excluding hydrogens is 444 g/mol. The number of fused-ring (bicyclic) bond motifs is 3. The van der Waals surface area contributed by atoms with Crippen LogP contribution in [0.4, 0.5) is 5.69 Å². The molecule has 4 aromatic rings. The third-order valence-corrected chi connectivity index (χ3v) is 6.28. The lowest BCUT2D eigenvalue weighted by atomic mass is 10.1. The van der Waals surface area contributed by atoms with Crippen molar-refractivity contribution >= 4 is 17.4 Å². The molecule has 0 unspecified atom stereocenters. The lowest BCUT2D eigenvalue weighted by Crippen LogP contribution is -2.17. The number of hydrogen-bond acceptors (Lipinski definition) is 7. The van der Waals surface area contributed by atoms with Crippen molar-refractivity contribution in [3.05, 3.63) is 102 Å². The number of nitrogens with zero attached hydrogens (tertiary/aromatic N) is 3. The van der Waals surface area contributed by atoms with Crippen molar-refractivity contribution in [3.63, 3.8) is 0 Å². The Balaban J connectivity index is 1.43. The first-order chi connectivity index (χ1) is 16.7. The molecule has 170 valence electrons. The van der Waals surface area contributed by atoms with E-state index in [0.29, 0.717) is 23.3 Å². The molecule has 1 aliphatic heterocycles. The normalized spacial score (nSPS) is 14.1. The smallest absolute Gasteiger partial charge is 0.247 e. The van der Waals surface area contributed by atoms with Crippen LogP contribution in [-0.4, -0.2) is 21.8 Å². The maximum atomic E-state index is 6.36. The molecule has 1 N–H and O–H groups in total. The Hall–Kier alpha value is -3.84. The average molecular weight is 469 g/mol. The van der Waals surface area contributed by atoms with Crippen molar-refractivity contribution in [1.82, 2.24) is 15.2 Å². The Kier molecular flexibility index (Phi) is 6.44. The van der Waals surface area contributed by atoms with Crippen LogP contribution >= 0.6 is 11.8 Å². The summed E-state index contributed by atoms with van der Waals surface area (Å²) >= 11 is 1.54. The Morgan fingerprint density at radius 1 is 1.03 bits per heavy atom. The van der Waals surface area contributed by atoms with Crippen LogP contribution < -0.4 is 14.8 Å². The van der Waals surface area contributed by atoms with E-state index in [2.05, 4.69) is 53.3 Å². The zero-order valence-electron chi connectivity index (χ0n) is 18.8. The monoisotopic (exact) mass is 468 g/mol. The molecule has 0 amide bonds. The van der Waals surface area contributed by atoms with Crippen LogP contribution in [-0.2, 0) is 5.75 Å². The maximum Gasteiger partial charge on any atom is 0.247 e. The van der Waals surface area contributed by atoms with Gasteiger partial charge in [-0.15, -0.1) is 10.2 Å². The van der Waals surface area contributed by atoms with E-state index < -0.39 is 6.23 Å². The van der Waals surface area contributed by atoms with Gasteiger partial charge in [-0.25, -0.2) is 0 Å². The summed E-state index contributed by atoms with van der Waals surface area (Å²) in [6.45, 7) is 6.23. The molecule has 1 aliphatic rings. The number of hydrogen-bond donors (Lipinski definition) is 1. The predicted molar refractivity (Wildman–Crippen MR) is 135 cm³/mol. The molecule has 5 rings (SSSR count). The first kappa shape index (κ1) is 22.0. The molecule has 2 heterocycles. The number of aryl methyl sites for hydroxylation is 1. The lowest BCUT2D eigenvalue weighted by molar-refractivity contribution is 0.225. The van der Waals surface area contributed by atoms with E-state index in [9.17, 15) is 0 Å². The summed E-state index contributed by atoms with van der Waals surface area (Å²) in [7, 11) is 0. The van der Waals surface area contributed by atoms with Crippen LogP contribution in [0.25, 0.3) is 11.3 Å². The van der Waals surface area contributed by atoms with Gasteiger partial charge in [-0.1, -0.05) is 72.4 Å². The van der Waals surface area contributed by atoms with Crippen molar-refractivity contribution in [2.75, 3.05) is 11.9 Å². The molecule has 0 spiro atoms. The number of anilines is 1. The van der Waals surface area contributed by atoms with Gasteiger partial charge >= 0.3 is 0 Å². The van der Waals surface area contributed by atoms with E-state index in [4.69, 9.17) is 14.5 Å². The van der Waals surface area contributed by atoms with E-state index >= 15 is 0 Å². The fourth-order valence-corrected chi connectivity index (χ4v) is 4.32. The SMILES string of the molecule is C=CCOc1ccc([C@@H]2Nc3ccccc3-c3nnc(SCc4ccc(C)cc4)nc3O2)cc1. The molecule has 3 aromatic carbocycles. The van der Waals surface area contributed by atoms with Crippen LogP contribution in [0.1, 0.15) is 22.9 Å². The van der Waals surface area contributed by atoms with Crippen molar-refractivity contribution in [1.29, 1.82) is 0 Å². The third-order valence-electron chi connectivity index (χ3n) is 5.37. The number of ether oxygens (including phenoxy) is 2. The highest BCUT2D eigenvalue weighted by Gasteiger charge is 2.26. The summed E-state index contributed by atoms with van der Waals surface area (Å²) < 4.78 is 12.0.